The van der Waals surface area contributed by atoms with E-state index >= 15 is 0 Å². The Labute approximate surface area is 143 Å². The summed E-state index contributed by atoms with van der Waals surface area (Å²) in [4.78, 5) is 0. The summed E-state index contributed by atoms with van der Waals surface area (Å²) in [5.74, 6) is 1.04. The second-order valence-electron chi connectivity index (χ2n) is 6.65. The molecule has 1 aliphatic carbocycles. The van der Waals surface area contributed by atoms with E-state index in [4.69, 9.17) is 0 Å². The second kappa shape index (κ2) is 8.23. The molecule has 0 N–H and O–H groups in total. The Balaban J connectivity index is 1.59. The summed E-state index contributed by atoms with van der Waals surface area (Å²) in [6.07, 6.45) is 9.50. The molecular formula is C22H24F2. The van der Waals surface area contributed by atoms with Crippen LogP contribution in [0.15, 0.2) is 60.7 Å². The first-order valence-electron chi connectivity index (χ1n) is 8.85. The van der Waals surface area contributed by atoms with E-state index in [0.29, 0.717) is 18.3 Å². The zero-order valence-corrected chi connectivity index (χ0v) is 13.9. The molecule has 0 spiro atoms. The van der Waals surface area contributed by atoms with Crippen molar-refractivity contribution < 1.29 is 8.78 Å². The molecule has 1 aliphatic rings. The van der Waals surface area contributed by atoms with Gasteiger partial charge in [0.1, 0.15) is 5.82 Å². The van der Waals surface area contributed by atoms with E-state index in [-0.39, 0.29) is 12.5 Å². The van der Waals surface area contributed by atoms with Gasteiger partial charge in [-0.25, -0.2) is 4.39 Å². The van der Waals surface area contributed by atoms with E-state index in [2.05, 4.69) is 30.3 Å². The minimum absolute atomic E-state index is 0.201. The van der Waals surface area contributed by atoms with Crippen LogP contribution in [0.2, 0.25) is 0 Å². The van der Waals surface area contributed by atoms with E-state index in [1.807, 2.05) is 18.2 Å². The van der Waals surface area contributed by atoms with E-state index < -0.39 is 0 Å². The van der Waals surface area contributed by atoms with Gasteiger partial charge in [-0.05, 0) is 72.8 Å². The molecule has 0 atom stereocenters. The molecule has 0 nitrogen and oxygen atoms in total. The van der Waals surface area contributed by atoms with Gasteiger partial charge in [-0.2, -0.15) is 0 Å². The van der Waals surface area contributed by atoms with Crippen molar-refractivity contribution in [2.24, 2.45) is 5.92 Å². The molecule has 24 heavy (non-hydrogen) atoms. The monoisotopic (exact) mass is 326 g/mol. The largest absolute Gasteiger partial charge is 0.251 e. The van der Waals surface area contributed by atoms with E-state index in [0.717, 1.165) is 11.1 Å². The molecule has 0 radical (unpaired) electrons. The van der Waals surface area contributed by atoms with Gasteiger partial charge in [0.15, 0.2) is 0 Å². The second-order valence-corrected chi connectivity index (χ2v) is 6.65. The first-order valence-corrected chi connectivity index (χ1v) is 8.85. The van der Waals surface area contributed by atoms with Crippen molar-refractivity contribution in [1.82, 2.24) is 0 Å². The van der Waals surface area contributed by atoms with Gasteiger partial charge in [0.05, 0.1) is 6.67 Å². The van der Waals surface area contributed by atoms with Crippen LogP contribution in [-0.2, 0) is 0 Å². The Morgan fingerprint density at radius 2 is 1.42 bits per heavy atom. The third-order valence-corrected chi connectivity index (χ3v) is 5.02. The maximum absolute atomic E-state index is 13.0. The SMILES string of the molecule is FCC/C=C/[C@H]1CC[C@H](c2ccc(-c3ccc(F)cc3)cc2)CC1. The molecule has 1 fully saturated rings. The summed E-state index contributed by atoms with van der Waals surface area (Å²) >= 11 is 0. The van der Waals surface area contributed by atoms with Crippen molar-refractivity contribution in [2.75, 3.05) is 6.67 Å². The number of hydrogen-bond donors (Lipinski definition) is 0. The number of rotatable bonds is 5. The summed E-state index contributed by atoms with van der Waals surface area (Å²) in [7, 11) is 0. The van der Waals surface area contributed by atoms with Crippen LogP contribution in [0.4, 0.5) is 8.78 Å². The highest BCUT2D eigenvalue weighted by Crippen LogP contribution is 2.37. The van der Waals surface area contributed by atoms with Gasteiger partial charge in [0.2, 0.25) is 0 Å². The fourth-order valence-electron chi connectivity index (χ4n) is 3.59. The smallest absolute Gasteiger partial charge is 0.123 e. The molecule has 0 bridgehead atoms. The van der Waals surface area contributed by atoms with E-state index in [1.165, 1.54) is 43.4 Å². The highest BCUT2D eigenvalue weighted by atomic mass is 19.1. The molecule has 3 rings (SSSR count). The Morgan fingerprint density at radius 3 is 2.00 bits per heavy atom. The van der Waals surface area contributed by atoms with Crippen molar-refractivity contribution in [3.05, 3.63) is 72.1 Å². The van der Waals surface area contributed by atoms with Gasteiger partial charge >= 0.3 is 0 Å². The van der Waals surface area contributed by atoms with Gasteiger partial charge in [-0.1, -0.05) is 48.6 Å². The molecule has 2 heteroatoms. The molecule has 1 saturated carbocycles. The van der Waals surface area contributed by atoms with Gasteiger partial charge in [-0.15, -0.1) is 0 Å². The van der Waals surface area contributed by atoms with Crippen LogP contribution >= 0.6 is 0 Å². The van der Waals surface area contributed by atoms with Gasteiger partial charge < -0.3 is 0 Å². The maximum Gasteiger partial charge on any atom is 0.123 e. The van der Waals surface area contributed by atoms with Crippen LogP contribution in [0.1, 0.15) is 43.6 Å². The quantitative estimate of drug-likeness (QED) is 0.537. The van der Waals surface area contributed by atoms with Crippen LogP contribution in [-0.4, -0.2) is 6.67 Å². The Kier molecular flexibility index (Phi) is 5.79. The lowest BCUT2D eigenvalue weighted by Gasteiger charge is -2.27. The summed E-state index contributed by atoms with van der Waals surface area (Å²) in [5, 5.41) is 0. The van der Waals surface area contributed by atoms with Crippen molar-refractivity contribution in [3.8, 4) is 11.1 Å². The molecule has 2 aromatic carbocycles. The fraction of sp³-hybridized carbons (Fsp3) is 0.364. The summed E-state index contributed by atoms with van der Waals surface area (Å²) in [6.45, 7) is -0.258. The summed E-state index contributed by atoms with van der Waals surface area (Å²) < 4.78 is 25.2. The standard InChI is InChI=1S/C22H24F2/c23-16-2-1-3-17-4-6-18(7-5-17)19-8-10-20(11-9-19)21-12-14-22(24)15-13-21/h1,3,8-15,17-18H,2,4-7,16H2/b3-1+/t17-,18-. The van der Waals surface area contributed by atoms with Crippen LogP contribution < -0.4 is 0 Å². The van der Waals surface area contributed by atoms with Crippen molar-refractivity contribution >= 4 is 0 Å². The molecule has 0 unspecified atom stereocenters. The summed E-state index contributed by atoms with van der Waals surface area (Å²) in [6, 6.07) is 15.3. The molecule has 0 aliphatic heterocycles. The molecule has 126 valence electrons. The molecule has 0 amide bonds. The predicted molar refractivity (Wildman–Crippen MR) is 96.3 cm³/mol. The molecule has 0 saturated heterocycles. The topological polar surface area (TPSA) is 0 Å². The van der Waals surface area contributed by atoms with Crippen LogP contribution in [0.5, 0.6) is 0 Å². The van der Waals surface area contributed by atoms with E-state index in [9.17, 15) is 8.78 Å². The molecule has 0 aromatic heterocycles. The van der Waals surface area contributed by atoms with Crippen LogP contribution in [0, 0.1) is 11.7 Å². The number of benzene rings is 2. The van der Waals surface area contributed by atoms with E-state index in [1.54, 1.807) is 0 Å². The lowest BCUT2D eigenvalue weighted by atomic mass is 9.78. The first-order chi connectivity index (χ1) is 11.8. The zero-order valence-electron chi connectivity index (χ0n) is 13.9. The third-order valence-electron chi connectivity index (χ3n) is 5.02. The number of allylic oxidation sites excluding steroid dienone is 2. The lowest BCUT2D eigenvalue weighted by molar-refractivity contribution is 0.375. The molecular weight excluding hydrogens is 302 g/mol. The highest BCUT2D eigenvalue weighted by molar-refractivity contribution is 5.63. The summed E-state index contributed by atoms with van der Waals surface area (Å²) in [5.41, 5.74) is 3.57. The minimum atomic E-state index is -0.258. The highest BCUT2D eigenvalue weighted by Gasteiger charge is 2.20. The predicted octanol–water partition coefficient (Wildman–Crippen LogP) is 6.68. The third kappa shape index (κ3) is 4.31. The zero-order chi connectivity index (χ0) is 16.8. The maximum atomic E-state index is 13.0. The van der Waals surface area contributed by atoms with Gasteiger partial charge in [0, 0.05) is 0 Å². The fourth-order valence-corrected chi connectivity index (χ4v) is 3.59. The van der Waals surface area contributed by atoms with Crippen LogP contribution in [0.3, 0.4) is 0 Å². The van der Waals surface area contributed by atoms with Gasteiger partial charge in [0.25, 0.3) is 0 Å². The average molecular weight is 326 g/mol. The van der Waals surface area contributed by atoms with Crippen LogP contribution in [0.25, 0.3) is 11.1 Å². The number of hydrogen-bond acceptors (Lipinski definition) is 0. The number of alkyl halides is 1. The average Bonchev–Trinajstić information content (AvgIpc) is 2.63. The Morgan fingerprint density at radius 1 is 0.833 bits per heavy atom. The molecule has 0 heterocycles. The Bertz CT molecular complexity index is 647. The first kappa shape index (κ1) is 16.9. The molecule has 2 aromatic rings. The van der Waals surface area contributed by atoms with Crippen molar-refractivity contribution in [1.29, 1.82) is 0 Å². The van der Waals surface area contributed by atoms with Crippen molar-refractivity contribution in [3.63, 3.8) is 0 Å². The van der Waals surface area contributed by atoms with Gasteiger partial charge in [-0.3, -0.25) is 4.39 Å². The lowest BCUT2D eigenvalue weighted by Crippen LogP contribution is -2.11. The van der Waals surface area contributed by atoms with Crippen molar-refractivity contribution in [2.45, 2.75) is 38.0 Å². The Hall–Kier alpha value is -1.96. The number of halogens is 2. The normalized spacial score (nSPS) is 21.2. The minimum Gasteiger partial charge on any atom is -0.251 e.